The second kappa shape index (κ2) is 5.30. The molecule has 100 valence electrons. The van der Waals surface area contributed by atoms with E-state index in [1.807, 2.05) is 18.2 Å². The summed E-state index contributed by atoms with van der Waals surface area (Å²) in [7, 11) is 0. The fourth-order valence-corrected chi connectivity index (χ4v) is 2.96. The van der Waals surface area contributed by atoms with E-state index in [1.54, 1.807) is 0 Å². The van der Waals surface area contributed by atoms with E-state index in [9.17, 15) is 0 Å². The Hall–Kier alpha value is -1.41. The largest absolute Gasteiger partial charge is 0.359 e. The van der Waals surface area contributed by atoms with Crippen LogP contribution in [-0.4, -0.2) is 36.9 Å². The Morgan fingerprint density at radius 3 is 2.79 bits per heavy atom. The first kappa shape index (κ1) is 12.6. The lowest BCUT2D eigenvalue weighted by molar-refractivity contribution is -0.0576. The summed E-state index contributed by atoms with van der Waals surface area (Å²) in [6.07, 6.45) is 2.07. The van der Waals surface area contributed by atoms with Gasteiger partial charge in [0.05, 0.1) is 13.2 Å². The van der Waals surface area contributed by atoms with Gasteiger partial charge in [-0.3, -0.25) is 10.2 Å². The van der Waals surface area contributed by atoms with Crippen molar-refractivity contribution < 1.29 is 4.74 Å². The van der Waals surface area contributed by atoms with Crippen molar-refractivity contribution in [2.75, 3.05) is 26.2 Å². The molecule has 1 spiro atoms. The van der Waals surface area contributed by atoms with E-state index in [1.165, 1.54) is 0 Å². The Balaban J connectivity index is 1.62. The Labute approximate surface area is 114 Å². The molecular weight excluding hydrogens is 238 g/mol. The predicted molar refractivity (Wildman–Crippen MR) is 73.9 cm³/mol. The highest BCUT2D eigenvalue weighted by Crippen LogP contribution is 2.28. The van der Waals surface area contributed by atoms with Crippen LogP contribution >= 0.6 is 0 Å². The van der Waals surface area contributed by atoms with Crippen LogP contribution in [0.2, 0.25) is 0 Å². The van der Waals surface area contributed by atoms with Crippen molar-refractivity contribution in [1.29, 1.82) is 0 Å². The highest BCUT2D eigenvalue weighted by atomic mass is 16.5. The van der Waals surface area contributed by atoms with Crippen molar-refractivity contribution in [3.63, 3.8) is 0 Å². The van der Waals surface area contributed by atoms with Gasteiger partial charge in [-0.15, -0.1) is 0 Å². The first-order valence-electron chi connectivity index (χ1n) is 6.88. The zero-order valence-corrected chi connectivity index (χ0v) is 11.1. The molecule has 0 unspecified atom stereocenters. The Bertz CT molecular complexity index is 478. The number of rotatable bonds is 2. The maximum atomic E-state index is 7.21. The van der Waals surface area contributed by atoms with E-state index in [2.05, 4.69) is 21.1 Å². The molecule has 1 N–H and O–H groups in total. The van der Waals surface area contributed by atoms with Gasteiger partial charge in [-0.2, -0.15) is 0 Å². The van der Waals surface area contributed by atoms with E-state index in [4.69, 9.17) is 11.3 Å². The summed E-state index contributed by atoms with van der Waals surface area (Å²) in [5, 5.41) is 3.48. The minimum Gasteiger partial charge on any atom is -0.359 e. The number of para-hydroxylation sites is 1. The van der Waals surface area contributed by atoms with Gasteiger partial charge < -0.3 is 4.74 Å². The molecule has 0 aromatic heterocycles. The lowest BCUT2D eigenvalue weighted by Gasteiger charge is -2.38. The monoisotopic (exact) mass is 257 g/mol. The number of nitrogens with one attached hydrogen (secondary N) is 1. The summed E-state index contributed by atoms with van der Waals surface area (Å²) in [6.45, 7) is 11.9. The molecule has 0 bridgehead atoms. The van der Waals surface area contributed by atoms with Crippen LogP contribution in [0.3, 0.4) is 0 Å². The topological polar surface area (TPSA) is 28.9 Å². The Morgan fingerprint density at radius 2 is 2.11 bits per heavy atom. The van der Waals surface area contributed by atoms with E-state index in [0.717, 1.165) is 56.9 Å². The number of nitrogens with zero attached hydrogens (tertiary/aromatic N) is 2. The number of piperidine rings is 1. The number of likely N-dealkylation sites (tertiary alicyclic amines) is 1. The molecule has 1 aromatic carbocycles. The van der Waals surface area contributed by atoms with Crippen LogP contribution in [0.15, 0.2) is 24.3 Å². The molecule has 2 heterocycles. The fraction of sp³-hybridized carbons (Fsp3) is 0.533. The van der Waals surface area contributed by atoms with Gasteiger partial charge in [0.15, 0.2) is 5.69 Å². The van der Waals surface area contributed by atoms with Crippen LogP contribution in [-0.2, 0) is 11.3 Å². The molecule has 4 nitrogen and oxygen atoms in total. The average Bonchev–Trinajstić information content (AvgIpc) is 2.91. The van der Waals surface area contributed by atoms with Gasteiger partial charge in [0, 0.05) is 39.0 Å². The molecule has 0 atom stereocenters. The van der Waals surface area contributed by atoms with Gasteiger partial charge in [-0.05, 0) is 5.56 Å². The maximum absolute atomic E-state index is 7.21. The van der Waals surface area contributed by atoms with Crippen molar-refractivity contribution in [3.05, 3.63) is 41.2 Å². The minimum absolute atomic E-state index is 0.0597. The van der Waals surface area contributed by atoms with E-state index in [0.29, 0.717) is 0 Å². The summed E-state index contributed by atoms with van der Waals surface area (Å²) in [6, 6.07) is 7.90. The smallest absolute Gasteiger partial charge is 0.191 e. The minimum atomic E-state index is -0.0597. The predicted octanol–water partition coefficient (Wildman–Crippen LogP) is 2.15. The molecule has 2 aliphatic rings. The molecule has 0 amide bonds. The quantitative estimate of drug-likeness (QED) is 0.823. The first-order chi connectivity index (χ1) is 9.31. The van der Waals surface area contributed by atoms with Crippen LogP contribution in [0, 0.1) is 6.57 Å². The molecule has 4 heteroatoms. The molecule has 0 aliphatic carbocycles. The zero-order valence-electron chi connectivity index (χ0n) is 11.1. The highest BCUT2D eigenvalue weighted by Gasteiger charge is 2.37. The first-order valence-corrected chi connectivity index (χ1v) is 6.88. The van der Waals surface area contributed by atoms with Crippen LogP contribution in [0.1, 0.15) is 18.4 Å². The van der Waals surface area contributed by atoms with Crippen LogP contribution in [0.4, 0.5) is 5.69 Å². The van der Waals surface area contributed by atoms with Gasteiger partial charge in [-0.25, -0.2) is 4.85 Å². The van der Waals surface area contributed by atoms with Crippen LogP contribution < -0.4 is 5.32 Å². The lowest BCUT2D eigenvalue weighted by Crippen LogP contribution is -2.50. The third-order valence-corrected chi connectivity index (χ3v) is 4.10. The van der Waals surface area contributed by atoms with E-state index >= 15 is 0 Å². The second-order valence-electron chi connectivity index (χ2n) is 5.29. The molecule has 2 fully saturated rings. The summed E-state index contributed by atoms with van der Waals surface area (Å²) in [5.41, 5.74) is 1.85. The molecular formula is C15H19N3O. The zero-order chi connectivity index (χ0) is 13.1. The molecule has 2 saturated heterocycles. The number of hydrogen-bond donors (Lipinski definition) is 1. The van der Waals surface area contributed by atoms with Gasteiger partial charge >= 0.3 is 0 Å². The molecule has 0 saturated carbocycles. The summed E-state index contributed by atoms with van der Waals surface area (Å²) in [4.78, 5) is 6.01. The van der Waals surface area contributed by atoms with E-state index in [-0.39, 0.29) is 5.72 Å². The summed E-state index contributed by atoms with van der Waals surface area (Å²) >= 11 is 0. The summed E-state index contributed by atoms with van der Waals surface area (Å²) < 4.78 is 5.84. The van der Waals surface area contributed by atoms with Crippen molar-refractivity contribution in [1.82, 2.24) is 10.2 Å². The molecule has 1 aromatic rings. The third-order valence-electron chi connectivity index (χ3n) is 4.10. The number of ether oxygens (including phenoxy) is 1. The SMILES string of the molecule is [C-]#[N+]c1ccccc1CN1CCC2(CC1)NCCO2. The second-order valence-corrected chi connectivity index (χ2v) is 5.29. The van der Waals surface area contributed by atoms with Gasteiger partial charge in [0.1, 0.15) is 5.72 Å². The summed E-state index contributed by atoms with van der Waals surface area (Å²) in [5.74, 6) is 0. The van der Waals surface area contributed by atoms with E-state index < -0.39 is 0 Å². The maximum Gasteiger partial charge on any atom is 0.191 e. The molecule has 0 radical (unpaired) electrons. The standard InChI is InChI=1S/C15H19N3O/c1-16-14-5-3-2-4-13(14)12-18-9-6-15(7-10-18)17-8-11-19-15/h2-5,17H,6-12H2. The average molecular weight is 257 g/mol. The third kappa shape index (κ3) is 2.64. The van der Waals surface area contributed by atoms with Gasteiger partial charge in [0.25, 0.3) is 0 Å². The van der Waals surface area contributed by atoms with Crippen molar-refractivity contribution in [2.24, 2.45) is 0 Å². The Kier molecular flexibility index (Phi) is 3.52. The van der Waals surface area contributed by atoms with Gasteiger partial charge in [0.2, 0.25) is 0 Å². The fourth-order valence-electron chi connectivity index (χ4n) is 2.96. The molecule has 3 rings (SSSR count). The number of benzene rings is 1. The molecule has 19 heavy (non-hydrogen) atoms. The lowest BCUT2D eigenvalue weighted by atomic mass is 10.00. The Morgan fingerprint density at radius 1 is 1.32 bits per heavy atom. The van der Waals surface area contributed by atoms with Crippen molar-refractivity contribution in [2.45, 2.75) is 25.1 Å². The normalized spacial score (nSPS) is 22.5. The number of hydrogen-bond acceptors (Lipinski definition) is 3. The highest BCUT2D eigenvalue weighted by molar-refractivity contribution is 5.51. The van der Waals surface area contributed by atoms with Crippen LogP contribution in [0.25, 0.3) is 4.85 Å². The van der Waals surface area contributed by atoms with Gasteiger partial charge in [-0.1, -0.05) is 24.3 Å². The van der Waals surface area contributed by atoms with Crippen molar-refractivity contribution in [3.8, 4) is 0 Å². The van der Waals surface area contributed by atoms with Crippen molar-refractivity contribution >= 4 is 5.69 Å². The molecule has 2 aliphatic heterocycles. The van der Waals surface area contributed by atoms with Crippen LogP contribution in [0.5, 0.6) is 0 Å².